The van der Waals surface area contributed by atoms with E-state index in [0.29, 0.717) is 14.3 Å². The first-order valence-electron chi connectivity index (χ1n) is 10.2. The minimum atomic E-state index is -0.0727. The summed E-state index contributed by atoms with van der Waals surface area (Å²) in [4.78, 5) is 0. The highest BCUT2D eigenvalue weighted by molar-refractivity contribution is 7.55. The van der Waals surface area contributed by atoms with Crippen LogP contribution in [0.1, 0.15) is 68.9 Å². The Morgan fingerprint density at radius 3 is 2.14 bits per heavy atom. The van der Waals surface area contributed by atoms with E-state index in [9.17, 15) is 5.11 Å². The van der Waals surface area contributed by atoms with Crippen LogP contribution in [0, 0.1) is 13.8 Å². The first kappa shape index (κ1) is 23.4. The zero-order chi connectivity index (χ0) is 21.3. The van der Waals surface area contributed by atoms with Gasteiger partial charge in [0.25, 0.3) is 0 Å². The molecule has 2 unspecified atom stereocenters. The Kier molecular flexibility index (Phi) is 7.39. The van der Waals surface area contributed by atoms with E-state index < -0.39 is 0 Å². The number of rotatable bonds is 6. The van der Waals surface area contributed by atoms with E-state index in [2.05, 4.69) is 92.1 Å². The van der Waals surface area contributed by atoms with Gasteiger partial charge >= 0.3 is 0 Å². The van der Waals surface area contributed by atoms with Crippen LogP contribution in [-0.2, 0) is 16.7 Å². The Bertz CT molecular complexity index is 833. The summed E-state index contributed by atoms with van der Waals surface area (Å²) in [6.07, 6.45) is 2.18. The van der Waals surface area contributed by atoms with E-state index in [0.717, 1.165) is 17.5 Å². The van der Waals surface area contributed by atoms with Crippen molar-refractivity contribution in [3.8, 4) is 5.75 Å². The quantitative estimate of drug-likeness (QED) is 0.495. The Hall–Kier alpha value is -0.900. The highest BCUT2D eigenvalue weighted by atomic mass is 31.1. The molecule has 0 bridgehead atoms. The molecule has 0 saturated heterocycles. The largest absolute Gasteiger partial charge is 0.507 e. The second-order valence-corrected chi connectivity index (χ2v) is 13.9. The smallest absolute Gasteiger partial charge is 0.123 e. The molecule has 0 aliphatic heterocycles. The second kappa shape index (κ2) is 8.85. The maximum atomic E-state index is 11.3. The molecule has 28 heavy (non-hydrogen) atoms. The molecule has 3 heteroatoms. The minimum absolute atomic E-state index is 0.0177. The van der Waals surface area contributed by atoms with Crippen molar-refractivity contribution >= 4 is 21.8 Å². The standard InChI is InChI=1S/C25H38OP2/c1-10-25(7,21-15-17(2)14-20(22(21)26)24(4,5)6)27-23-18(3)12-11-13-19(23)16-28(8)9/h11-15,26-27H,10,16H2,1-9H3. The highest BCUT2D eigenvalue weighted by Crippen LogP contribution is 2.50. The van der Waals surface area contributed by atoms with Crippen LogP contribution < -0.4 is 5.30 Å². The lowest BCUT2D eigenvalue weighted by molar-refractivity contribution is 0.430. The Morgan fingerprint density at radius 1 is 1.00 bits per heavy atom. The molecule has 2 aromatic carbocycles. The first-order valence-corrected chi connectivity index (χ1v) is 13.7. The summed E-state index contributed by atoms with van der Waals surface area (Å²) in [5.41, 5.74) is 6.22. The second-order valence-electron chi connectivity index (χ2n) is 9.62. The maximum Gasteiger partial charge on any atom is 0.123 e. The highest BCUT2D eigenvalue weighted by Gasteiger charge is 2.32. The van der Waals surface area contributed by atoms with Gasteiger partial charge in [-0.25, -0.2) is 0 Å². The van der Waals surface area contributed by atoms with Gasteiger partial charge in [-0.2, -0.15) is 0 Å². The van der Waals surface area contributed by atoms with E-state index in [1.807, 2.05) is 0 Å². The molecular weight excluding hydrogens is 378 g/mol. The van der Waals surface area contributed by atoms with Crippen LogP contribution >= 0.6 is 16.5 Å². The molecule has 1 N–H and O–H groups in total. The molecule has 0 aliphatic rings. The number of hydrogen-bond acceptors (Lipinski definition) is 1. The molecule has 0 fully saturated rings. The van der Waals surface area contributed by atoms with E-state index >= 15 is 0 Å². The number of aromatic hydroxyl groups is 1. The zero-order valence-corrected chi connectivity index (χ0v) is 21.1. The fourth-order valence-electron chi connectivity index (χ4n) is 3.77. The van der Waals surface area contributed by atoms with Gasteiger partial charge in [0, 0.05) is 10.7 Å². The molecule has 0 saturated carbocycles. The van der Waals surface area contributed by atoms with Crippen LogP contribution in [0.5, 0.6) is 5.75 Å². The van der Waals surface area contributed by atoms with Crippen molar-refractivity contribution in [3.05, 3.63) is 58.1 Å². The predicted molar refractivity (Wildman–Crippen MR) is 131 cm³/mol. The lowest BCUT2D eigenvalue weighted by Crippen LogP contribution is -2.23. The number of phenols is 1. The third-order valence-electron chi connectivity index (χ3n) is 5.61. The first-order chi connectivity index (χ1) is 12.9. The van der Waals surface area contributed by atoms with Gasteiger partial charge in [0.1, 0.15) is 5.75 Å². The van der Waals surface area contributed by atoms with Crippen molar-refractivity contribution in [2.24, 2.45) is 0 Å². The predicted octanol–water partition coefficient (Wildman–Crippen LogP) is 7.18. The van der Waals surface area contributed by atoms with Gasteiger partial charge < -0.3 is 5.11 Å². The molecule has 2 atom stereocenters. The third-order valence-corrected chi connectivity index (χ3v) is 8.72. The zero-order valence-electron chi connectivity index (χ0n) is 19.2. The SMILES string of the molecule is CCC(C)(Pc1c(C)cccc1CP(C)C)c1cc(C)cc(C(C)(C)C)c1O. The Balaban J connectivity index is 2.61. The average Bonchev–Trinajstić information content (AvgIpc) is 2.58. The molecule has 154 valence electrons. The van der Waals surface area contributed by atoms with E-state index in [1.54, 1.807) is 0 Å². The molecule has 0 radical (unpaired) electrons. The number of aryl methyl sites for hydroxylation is 2. The van der Waals surface area contributed by atoms with Gasteiger partial charge in [0.05, 0.1) is 0 Å². The van der Waals surface area contributed by atoms with Crippen molar-refractivity contribution in [1.29, 1.82) is 0 Å². The summed E-state index contributed by atoms with van der Waals surface area (Å²) in [6.45, 7) is 20.2. The lowest BCUT2D eigenvalue weighted by Gasteiger charge is -2.34. The van der Waals surface area contributed by atoms with Gasteiger partial charge in [-0.05, 0) is 67.2 Å². The molecule has 2 aromatic rings. The fourth-order valence-corrected chi connectivity index (χ4v) is 6.53. The van der Waals surface area contributed by atoms with Crippen LogP contribution in [-0.4, -0.2) is 18.4 Å². The van der Waals surface area contributed by atoms with Gasteiger partial charge in [0.15, 0.2) is 0 Å². The number of phenolic OH excluding ortho intramolecular Hbond substituents is 1. The van der Waals surface area contributed by atoms with Crippen molar-refractivity contribution in [3.63, 3.8) is 0 Å². The minimum Gasteiger partial charge on any atom is -0.507 e. The van der Waals surface area contributed by atoms with E-state index in [4.69, 9.17) is 0 Å². The normalized spacial score (nSPS) is 14.8. The van der Waals surface area contributed by atoms with Crippen LogP contribution in [0.3, 0.4) is 0 Å². The van der Waals surface area contributed by atoms with Gasteiger partial charge in [0.2, 0.25) is 0 Å². The van der Waals surface area contributed by atoms with Crippen LogP contribution in [0.4, 0.5) is 0 Å². The third kappa shape index (κ3) is 5.17. The van der Waals surface area contributed by atoms with Crippen molar-refractivity contribution in [2.75, 3.05) is 13.3 Å². The molecule has 0 aliphatic carbocycles. The summed E-state index contributed by atoms with van der Waals surface area (Å²) < 4.78 is 0. The van der Waals surface area contributed by atoms with Crippen LogP contribution in [0.15, 0.2) is 30.3 Å². The fraction of sp³-hybridized carbons (Fsp3) is 0.520. The summed E-state index contributed by atoms with van der Waals surface area (Å²) >= 11 is 0. The summed E-state index contributed by atoms with van der Waals surface area (Å²) in [5.74, 6) is 0.498. The average molecular weight is 417 g/mol. The Morgan fingerprint density at radius 2 is 1.61 bits per heavy atom. The molecular formula is C25H38OP2. The molecule has 0 amide bonds. The van der Waals surface area contributed by atoms with Crippen molar-refractivity contribution in [2.45, 2.75) is 71.6 Å². The molecule has 2 rings (SSSR count). The molecule has 1 nitrogen and oxygen atoms in total. The van der Waals surface area contributed by atoms with Crippen LogP contribution in [0.25, 0.3) is 0 Å². The molecule has 0 spiro atoms. The summed E-state index contributed by atoms with van der Waals surface area (Å²) in [7, 11) is 0.664. The van der Waals surface area contributed by atoms with E-state index in [1.165, 1.54) is 28.2 Å². The monoisotopic (exact) mass is 416 g/mol. The van der Waals surface area contributed by atoms with Gasteiger partial charge in [-0.15, -0.1) is 7.92 Å². The number of benzene rings is 2. The lowest BCUT2D eigenvalue weighted by atomic mass is 9.82. The Labute approximate surface area is 175 Å². The van der Waals surface area contributed by atoms with E-state index in [-0.39, 0.29) is 18.5 Å². The summed E-state index contributed by atoms with van der Waals surface area (Å²) in [6, 6.07) is 11.1. The number of hydrogen-bond donors (Lipinski definition) is 1. The maximum absolute atomic E-state index is 11.3. The van der Waals surface area contributed by atoms with Crippen LogP contribution in [0.2, 0.25) is 0 Å². The van der Waals surface area contributed by atoms with Gasteiger partial charge in [-0.3, -0.25) is 0 Å². The van der Waals surface area contributed by atoms with Crippen molar-refractivity contribution < 1.29 is 5.11 Å². The summed E-state index contributed by atoms with van der Waals surface area (Å²) in [5, 5.41) is 12.7. The molecule has 0 heterocycles. The topological polar surface area (TPSA) is 20.2 Å². The van der Waals surface area contributed by atoms with Gasteiger partial charge in [-0.1, -0.05) is 79.1 Å². The molecule has 0 aromatic heterocycles. The van der Waals surface area contributed by atoms with Crippen molar-refractivity contribution in [1.82, 2.24) is 0 Å².